The van der Waals surface area contributed by atoms with Gasteiger partial charge in [-0.2, -0.15) is 5.26 Å². The van der Waals surface area contributed by atoms with Crippen molar-refractivity contribution in [2.24, 2.45) is 10.9 Å². The van der Waals surface area contributed by atoms with Gasteiger partial charge < -0.3 is 0 Å². The standard InChI is InChI=1S/C12H7FN2O/c13-9-3-1-8(2-4-9)10-5-6-15-12(16)11(10)7-14/h1-6,11H. The number of aliphatic imine (C=N–C) groups is 1. The van der Waals surface area contributed by atoms with E-state index in [1.165, 1.54) is 30.5 Å². The molecule has 3 nitrogen and oxygen atoms in total. The Bertz CT molecular complexity index is 523. The van der Waals surface area contributed by atoms with Gasteiger partial charge in [0.1, 0.15) is 5.82 Å². The van der Waals surface area contributed by atoms with Gasteiger partial charge in [0.25, 0.3) is 5.91 Å². The zero-order valence-corrected chi connectivity index (χ0v) is 8.22. The molecule has 1 aromatic rings. The number of rotatable bonds is 1. The zero-order chi connectivity index (χ0) is 11.5. The number of carbonyl (C=O) groups is 1. The van der Waals surface area contributed by atoms with Crippen LogP contribution in [0, 0.1) is 23.1 Å². The van der Waals surface area contributed by atoms with E-state index >= 15 is 0 Å². The summed E-state index contributed by atoms with van der Waals surface area (Å²) in [6, 6.07) is 7.56. The van der Waals surface area contributed by atoms with E-state index in [4.69, 9.17) is 5.26 Å². The average molecular weight is 214 g/mol. The Morgan fingerprint density at radius 1 is 1.31 bits per heavy atom. The maximum Gasteiger partial charge on any atom is 0.267 e. The smallest absolute Gasteiger partial charge is 0.267 e. The fraction of sp³-hybridized carbons (Fsp3) is 0.0833. The number of allylic oxidation sites excluding steroid dienone is 1. The molecule has 1 aliphatic heterocycles. The molecular formula is C12H7FN2O. The van der Waals surface area contributed by atoms with E-state index in [1.807, 2.05) is 6.07 Å². The van der Waals surface area contributed by atoms with Crippen LogP contribution in [0.3, 0.4) is 0 Å². The molecule has 0 saturated heterocycles. The van der Waals surface area contributed by atoms with Crippen LogP contribution in [0.25, 0.3) is 5.57 Å². The van der Waals surface area contributed by atoms with E-state index in [1.54, 1.807) is 6.08 Å². The molecule has 78 valence electrons. The third-order valence-corrected chi connectivity index (χ3v) is 2.32. The summed E-state index contributed by atoms with van der Waals surface area (Å²) >= 11 is 0. The highest BCUT2D eigenvalue weighted by atomic mass is 19.1. The van der Waals surface area contributed by atoms with Crippen LogP contribution in [-0.4, -0.2) is 12.1 Å². The SMILES string of the molecule is N#CC1C(=O)N=CC=C1c1ccc(F)cc1. The van der Waals surface area contributed by atoms with Crippen LogP contribution in [0.4, 0.5) is 4.39 Å². The molecule has 1 unspecified atom stereocenters. The molecule has 0 spiro atoms. The van der Waals surface area contributed by atoms with E-state index in [9.17, 15) is 9.18 Å². The van der Waals surface area contributed by atoms with E-state index < -0.39 is 11.8 Å². The molecule has 0 radical (unpaired) electrons. The Balaban J connectivity index is 2.44. The molecule has 0 aromatic heterocycles. The first-order valence-corrected chi connectivity index (χ1v) is 4.66. The van der Waals surface area contributed by atoms with Crippen molar-refractivity contribution in [3.8, 4) is 6.07 Å². The van der Waals surface area contributed by atoms with Crippen molar-refractivity contribution < 1.29 is 9.18 Å². The number of carbonyl (C=O) groups excluding carboxylic acids is 1. The fourth-order valence-electron chi connectivity index (χ4n) is 1.52. The first-order valence-electron chi connectivity index (χ1n) is 4.66. The van der Waals surface area contributed by atoms with Gasteiger partial charge in [-0.1, -0.05) is 12.1 Å². The Morgan fingerprint density at radius 2 is 2.00 bits per heavy atom. The molecule has 0 bridgehead atoms. The summed E-state index contributed by atoms with van der Waals surface area (Å²) in [4.78, 5) is 14.9. The molecule has 0 aliphatic carbocycles. The maximum atomic E-state index is 12.7. The highest BCUT2D eigenvalue weighted by Crippen LogP contribution is 2.26. The van der Waals surface area contributed by atoms with Crippen LogP contribution in [0.2, 0.25) is 0 Å². The number of benzene rings is 1. The Labute approximate surface area is 91.5 Å². The minimum Gasteiger partial charge on any atom is -0.271 e. The average Bonchev–Trinajstić information content (AvgIpc) is 2.30. The highest BCUT2D eigenvalue weighted by Gasteiger charge is 2.25. The Hall–Kier alpha value is -2.28. The number of nitriles is 1. The van der Waals surface area contributed by atoms with Gasteiger partial charge in [-0.15, -0.1) is 0 Å². The van der Waals surface area contributed by atoms with Gasteiger partial charge in [-0.3, -0.25) is 4.79 Å². The number of hydrogen-bond donors (Lipinski definition) is 0. The molecule has 1 atom stereocenters. The lowest BCUT2D eigenvalue weighted by Gasteiger charge is -2.13. The van der Waals surface area contributed by atoms with Gasteiger partial charge in [-0.05, 0) is 29.3 Å². The zero-order valence-electron chi connectivity index (χ0n) is 8.22. The number of halogens is 1. The first kappa shape index (κ1) is 10.2. The summed E-state index contributed by atoms with van der Waals surface area (Å²) in [5.74, 6) is -1.73. The molecule has 1 aromatic carbocycles. The lowest BCUT2D eigenvalue weighted by molar-refractivity contribution is -0.118. The minimum atomic E-state index is -0.893. The van der Waals surface area contributed by atoms with Crippen LogP contribution >= 0.6 is 0 Å². The minimum absolute atomic E-state index is 0.353. The summed E-state index contributed by atoms with van der Waals surface area (Å²) in [6.07, 6.45) is 2.96. The van der Waals surface area contributed by atoms with Crippen molar-refractivity contribution in [3.05, 3.63) is 41.7 Å². The molecule has 0 saturated carbocycles. The number of nitrogens with zero attached hydrogens (tertiary/aromatic N) is 2. The van der Waals surface area contributed by atoms with E-state index in [0.717, 1.165) is 0 Å². The molecule has 2 rings (SSSR count). The lowest BCUT2D eigenvalue weighted by atomic mass is 9.91. The van der Waals surface area contributed by atoms with Gasteiger partial charge in [0, 0.05) is 6.21 Å². The molecule has 0 fully saturated rings. The quantitative estimate of drug-likeness (QED) is 0.717. The predicted molar refractivity (Wildman–Crippen MR) is 57.0 cm³/mol. The number of amides is 1. The summed E-state index contributed by atoms with van der Waals surface area (Å²) in [5, 5.41) is 8.89. The predicted octanol–water partition coefficient (Wildman–Crippen LogP) is 1.96. The van der Waals surface area contributed by atoms with Gasteiger partial charge in [0.05, 0.1) is 6.07 Å². The van der Waals surface area contributed by atoms with E-state index in [0.29, 0.717) is 11.1 Å². The van der Waals surface area contributed by atoms with Crippen LogP contribution in [0.5, 0.6) is 0 Å². The molecule has 0 N–H and O–H groups in total. The van der Waals surface area contributed by atoms with Crippen molar-refractivity contribution in [2.45, 2.75) is 0 Å². The first-order chi connectivity index (χ1) is 7.72. The third-order valence-electron chi connectivity index (χ3n) is 2.32. The molecule has 1 aliphatic rings. The third kappa shape index (κ3) is 1.75. The van der Waals surface area contributed by atoms with Crippen LogP contribution in [0.15, 0.2) is 35.3 Å². The van der Waals surface area contributed by atoms with Crippen LogP contribution < -0.4 is 0 Å². The summed E-state index contributed by atoms with van der Waals surface area (Å²) in [6.45, 7) is 0. The summed E-state index contributed by atoms with van der Waals surface area (Å²) in [7, 11) is 0. The van der Waals surface area contributed by atoms with Crippen molar-refractivity contribution >= 4 is 17.7 Å². The molecular weight excluding hydrogens is 207 g/mol. The second kappa shape index (κ2) is 4.07. The summed E-state index contributed by atoms with van der Waals surface area (Å²) < 4.78 is 12.7. The maximum absolute atomic E-state index is 12.7. The fourth-order valence-corrected chi connectivity index (χ4v) is 1.52. The monoisotopic (exact) mass is 214 g/mol. The largest absolute Gasteiger partial charge is 0.271 e. The highest BCUT2D eigenvalue weighted by molar-refractivity contribution is 6.06. The van der Waals surface area contributed by atoms with Crippen molar-refractivity contribution in [1.82, 2.24) is 0 Å². The van der Waals surface area contributed by atoms with Crippen molar-refractivity contribution in [1.29, 1.82) is 5.26 Å². The number of hydrogen-bond acceptors (Lipinski definition) is 2. The van der Waals surface area contributed by atoms with Gasteiger partial charge in [0.2, 0.25) is 0 Å². The number of dihydropyridines is 1. The van der Waals surface area contributed by atoms with Gasteiger partial charge in [-0.25, -0.2) is 9.38 Å². The van der Waals surface area contributed by atoms with Crippen LogP contribution in [0.1, 0.15) is 5.56 Å². The second-order valence-corrected chi connectivity index (χ2v) is 3.31. The Morgan fingerprint density at radius 3 is 2.62 bits per heavy atom. The van der Waals surface area contributed by atoms with E-state index in [2.05, 4.69) is 4.99 Å². The van der Waals surface area contributed by atoms with Gasteiger partial charge in [0.15, 0.2) is 5.92 Å². The summed E-state index contributed by atoms with van der Waals surface area (Å²) in [5.41, 5.74) is 1.22. The lowest BCUT2D eigenvalue weighted by Crippen LogP contribution is -2.15. The molecule has 1 heterocycles. The van der Waals surface area contributed by atoms with Crippen molar-refractivity contribution in [2.75, 3.05) is 0 Å². The molecule has 1 amide bonds. The second-order valence-electron chi connectivity index (χ2n) is 3.31. The normalized spacial score (nSPS) is 19.1. The van der Waals surface area contributed by atoms with Gasteiger partial charge >= 0.3 is 0 Å². The van der Waals surface area contributed by atoms with E-state index in [-0.39, 0.29) is 5.82 Å². The van der Waals surface area contributed by atoms with Crippen LogP contribution in [-0.2, 0) is 4.79 Å². The van der Waals surface area contributed by atoms with Crippen molar-refractivity contribution in [3.63, 3.8) is 0 Å². The molecule has 4 heteroatoms. The topological polar surface area (TPSA) is 53.2 Å². The molecule has 16 heavy (non-hydrogen) atoms. The Kier molecular flexibility index (Phi) is 2.61.